The van der Waals surface area contributed by atoms with Gasteiger partial charge in [0.15, 0.2) is 11.9 Å². The van der Waals surface area contributed by atoms with Gasteiger partial charge < -0.3 is 14.5 Å². The average molecular weight is 478 g/mol. The fourth-order valence-electron chi connectivity index (χ4n) is 3.41. The molecule has 0 aliphatic carbocycles. The van der Waals surface area contributed by atoms with Crippen molar-refractivity contribution in [3.05, 3.63) is 63.9 Å². The van der Waals surface area contributed by atoms with Gasteiger partial charge in [0.25, 0.3) is 0 Å². The van der Waals surface area contributed by atoms with Gasteiger partial charge in [-0.1, -0.05) is 0 Å². The predicted molar refractivity (Wildman–Crippen MR) is 112 cm³/mol. The molecule has 0 saturated heterocycles. The summed E-state index contributed by atoms with van der Waals surface area (Å²) >= 11 is 0. The number of halogens is 3. The van der Waals surface area contributed by atoms with Crippen molar-refractivity contribution in [3.8, 4) is 5.82 Å². The molecule has 12 heteroatoms. The Labute approximate surface area is 191 Å². The molecule has 1 unspecified atom stereocenters. The van der Waals surface area contributed by atoms with Crippen LogP contribution in [0.25, 0.3) is 5.82 Å². The first-order valence-electron chi connectivity index (χ1n) is 9.97. The average Bonchev–Trinajstić information content (AvgIpc) is 3.31. The van der Waals surface area contributed by atoms with Crippen molar-refractivity contribution in [1.29, 1.82) is 0 Å². The number of methoxy groups -OCH3 is 1. The Hall–Kier alpha value is -3.96. The number of nitrogens with one attached hydrogen (secondary N) is 1. The highest BCUT2D eigenvalue weighted by Crippen LogP contribution is 2.29. The second kappa shape index (κ2) is 9.12. The van der Waals surface area contributed by atoms with Gasteiger partial charge in [0.2, 0.25) is 5.78 Å². The summed E-state index contributed by atoms with van der Waals surface area (Å²) in [7, 11) is 1.23. The van der Waals surface area contributed by atoms with Crippen LogP contribution >= 0.6 is 0 Å². The van der Waals surface area contributed by atoms with Gasteiger partial charge >= 0.3 is 18.1 Å². The number of pyridine rings is 1. The van der Waals surface area contributed by atoms with Gasteiger partial charge in [0.1, 0.15) is 5.56 Å². The number of rotatable bonds is 6. The molecule has 3 aromatic heterocycles. The quantitative estimate of drug-likeness (QED) is 0.424. The number of carbonyl (C=O) groups is 3. The molecule has 0 spiro atoms. The highest BCUT2D eigenvalue weighted by atomic mass is 19.4. The molecule has 0 saturated carbocycles. The van der Waals surface area contributed by atoms with Crippen molar-refractivity contribution in [1.82, 2.24) is 19.7 Å². The van der Waals surface area contributed by atoms with Gasteiger partial charge in [-0.2, -0.15) is 18.3 Å². The Morgan fingerprint density at radius 1 is 1.09 bits per heavy atom. The zero-order chi connectivity index (χ0) is 25.4. The second-order valence-electron chi connectivity index (χ2n) is 7.49. The van der Waals surface area contributed by atoms with E-state index in [9.17, 15) is 27.6 Å². The van der Waals surface area contributed by atoms with Crippen LogP contribution in [-0.4, -0.2) is 50.7 Å². The van der Waals surface area contributed by atoms with Crippen LogP contribution in [0, 0.1) is 20.8 Å². The van der Waals surface area contributed by atoms with Gasteiger partial charge in [-0.25, -0.2) is 19.3 Å². The molecule has 0 amide bonds. The molecule has 34 heavy (non-hydrogen) atoms. The van der Waals surface area contributed by atoms with Crippen molar-refractivity contribution in [2.45, 2.75) is 40.0 Å². The van der Waals surface area contributed by atoms with Crippen molar-refractivity contribution in [2.24, 2.45) is 0 Å². The minimum atomic E-state index is -4.53. The van der Waals surface area contributed by atoms with E-state index in [1.54, 1.807) is 13.8 Å². The van der Waals surface area contributed by atoms with Crippen LogP contribution in [0.5, 0.6) is 0 Å². The number of carbonyl (C=O) groups excluding carboxylic acids is 3. The van der Waals surface area contributed by atoms with E-state index < -0.39 is 35.6 Å². The van der Waals surface area contributed by atoms with Gasteiger partial charge in [-0.05, 0) is 45.4 Å². The summed E-state index contributed by atoms with van der Waals surface area (Å²) in [5.41, 5.74) is 0.498. The first-order chi connectivity index (χ1) is 15.9. The molecule has 1 atom stereocenters. The Balaban J connectivity index is 1.78. The van der Waals surface area contributed by atoms with Gasteiger partial charge in [-0.3, -0.25) is 4.79 Å². The first kappa shape index (κ1) is 24.7. The summed E-state index contributed by atoms with van der Waals surface area (Å²) in [6.07, 6.45) is -3.90. The number of aromatic amines is 1. The van der Waals surface area contributed by atoms with E-state index in [1.807, 2.05) is 0 Å². The number of aryl methyl sites for hydroxylation is 1. The number of nitrogens with zero attached hydrogens (tertiary/aromatic N) is 3. The van der Waals surface area contributed by atoms with E-state index in [0.717, 1.165) is 12.1 Å². The lowest BCUT2D eigenvalue weighted by Crippen LogP contribution is -2.25. The monoisotopic (exact) mass is 478 g/mol. The molecule has 3 aromatic rings. The third-order valence-corrected chi connectivity index (χ3v) is 5.25. The molecule has 0 bridgehead atoms. The smallest absolute Gasteiger partial charge is 0.417 e. The number of ether oxygens (including phenoxy) is 2. The van der Waals surface area contributed by atoms with Crippen molar-refractivity contribution in [2.75, 3.05) is 7.11 Å². The molecule has 3 rings (SSSR count). The summed E-state index contributed by atoms with van der Waals surface area (Å²) in [5, 5.41) is 4.00. The standard InChI is InChI=1S/C22H21F3N4O5/c1-10-17(21(32)33-5)11(2)28-18(10)19(30)13(4)34-20(31)15-9-27-29(12(15)3)16-7-6-14(8-26-16)22(23,24)25/h6-9,13,28H,1-5H3. The summed E-state index contributed by atoms with van der Waals surface area (Å²) in [4.78, 5) is 44.0. The normalized spacial score (nSPS) is 12.4. The van der Waals surface area contributed by atoms with Crippen molar-refractivity contribution >= 4 is 17.7 Å². The fraction of sp³-hybridized carbons (Fsp3) is 0.318. The summed E-state index contributed by atoms with van der Waals surface area (Å²) in [6, 6.07) is 1.98. The van der Waals surface area contributed by atoms with Crippen molar-refractivity contribution in [3.63, 3.8) is 0 Å². The lowest BCUT2D eigenvalue weighted by Gasteiger charge is -2.12. The van der Waals surface area contributed by atoms with Crippen molar-refractivity contribution < 1.29 is 37.0 Å². The zero-order valence-electron chi connectivity index (χ0n) is 18.9. The second-order valence-corrected chi connectivity index (χ2v) is 7.49. The van der Waals surface area contributed by atoms with E-state index in [-0.39, 0.29) is 28.3 Å². The molecule has 3 heterocycles. The number of alkyl halides is 3. The number of aromatic nitrogens is 4. The van der Waals surface area contributed by atoms with E-state index in [4.69, 9.17) is 9.47 Å². The molecular formula is C22H21F3N4O5. The summed E-state index contributed by atoms with van der Waals surface area (Å²) in [6.45, 7) is 6.07. The SMILES string of the molecule is COC(=O)c1c(C)[nH]c(C(=O)C(C)OC(=O)c2cnn(-c3ccc(C(F)(F)F)cn3)c2C)c1C. The molecule has 0 aliphatic rings. The maximum absolute atomic E-state index is 12.9. The Bertz CT molecular complexity index is 1260. The fourth-order valence-corrected chi connectivity index (χ4v) is 3.41. The lowest BCUT2D eigenvalue weighted by molar-refractivity contribution is -0.137. The highest BCUT2D eigenvalue weighted by molar-refractivity contribution is 6.04. The Morgan fingerprint density at radius 3 is 2.32 bits per heavy atom. The van der Waals surface area contributed by atoms with Crippen LogP contribution < -0.4 is 0 Å². The van der Waals surface area contributed by atoms with Gasteiger partial charge in [0.05, 0.1) is 35.8 Å². The number of ketones is 1. The van der Waals surface area contributed by atoms with E-state index in [0.29, 0.717) is 17.5 Å². The van der Waals surface area contributed by atoms with Crippen LogP contribution in [-0.2, 0) is 15.7 Å². The number of Topliss-reactive ketones (excluding diaryl/α,β-unsaturated/α-hetero) is 1. The summed E-state index contributed by atoms with van der Waals surface area (Å²) < 4.78 is 49.4. The molecule has 9 nitrogen and oxygen atoms in total. The zero-order valence-corrected chi connectivity index (χ0v) is 18.9. The Morgan fingerprint density at radius 2 is 1.76 bits per heavy atom. The third-order valence-electron chi connectivity index (χ3n) is 5.25. The molecule has 0 aliphatic heterocycles. The number of H-pyrrole nitrogens is 1. The number of hydrogen-bond donors (Lipinski definition) is 1. The third kappa shape index (κ3) is 4.56. The van der Waals surface area contributed by atoms with Crippen LogP contribution in [0.4, 0.5) is 13.2 Å². The molecule has 180 valence electrons. The summed E-state index contributed by atoms with van der Waals surface area (Å²) in [5.74, 6) is -1.94. The minimum Gasteiger partial charge on any atom is -0.465 e. The number of esters is 2. The predicted octanol–water partition coefficient (Wildman–Crippen LogP) is 3.75. The largest absolute Gasteiger partial charge is 0.465 e. The molecule has 0 radical (unpaired) electrons. The Kier molecular flexibility index (Phi) is 6.62. The molecule has 0 aromatic carbocycles. The maximum atomic E-state index is 12.9. The van der Waals surface area contributed by atoms with Crippen LogP contribution in [0.2, 0.25) is 0 Å². The number of hydrogen-bond acceptors (Lipinski definition) is 7. The topological polar surface area (TPSA) is 116 Å². The molecule has 0 fully saturated rings. The van der Waals surface area contributed by atoms with Crippen LogP contribution in [0.1, 0.15) is 60.6 Å². The lowest BCUT2D eigenvalue weighted by atomic mass is 10.1. The van der Waals surface area contributed by atoms with Gasteiger partial charge in [-0.15, -0.1) is 0 Å². The van der Waals surface area contributed by atoms with E-state index in [2.05, 4.69) is 15.1 Å². The maximum Gasteiger partial charge on any atom is 0.417 e. The van der Waals surface area contributed by atoms with E-state index in [1.165, 1.54) is 31.8 Å². The van der Waals surface area contributed by atoms with Crippen LogP contribution in [0.15, 0.2) is 24.5 Å². The van der Waals surface area contributed by atoms with Gasteiger partial charge in [0, 0.05) is 11.9 Å². The minimum absolute atomic E-state index is 0.0102. The van der Waals surface area contributed by atoms with Crippen LogP contribution in [0.3, 0.4) is 0 Å². The molecular weight excluding hydrogens is 457 g/mol. The first-order valence-corrected chi connectivity index (χ1v) is 9.97. The molecule has 1 N–H and O–H groups in total. The highest BCUT2D eigenvalue weighted by Gasteiger charge is 2.31. The van der Waals surface area contributed by atoms with E-state index >= 15 is 0 Å².